The molecular weight excluding hydrogens is 296 g/mol. The molecule has 1 fully saturated rings. The van der Waals surface area contributed by atoms with Gasteiger partial charge in [0.1, 0.15) is 0 Å². The number of nitrogens with zero attached hydrogens (tertiary/aromatic N) is 4. The predicted octanol–water partition coefficient (Wildman–Crippen LogP) is 0.473. The average molecular weight is 322 g/mol. The molecule has 0 saturated carbocycles. The second-order valence-electron chi connectivity index (χ2n) is 5.85. The van der Waals surface area contributed by atoms with E-state index in [1.54, 1.807) is 6.92 Å². The third kappa shape index (κ3) is 5.54. The molecular formula is C15H26N6O2. The van der Waals surface area contributed by atoms with Gasteiger partial charge < -0.3 is 20.5 Å². The summed E-state index contributed by atoms with van der Waals surface area (Å²) in [7, 11) is 0. The lowest BCUT2D eigenvalue weighted by Gasteiger charge is -2.34. The molecule has 8 nitrogen and oxygen atoms in total. The Hall–Kier alpha value is -2.12. The Balaban J connectivity index is 1.93. The summed E-state index contributed by atoms with van der Waals surface area (Å²) in [5.41, 5.74) is 5.32. The van der Waals surface area contributed by atoms with Crippen LogP contribution >= 0.6 is 0 Å². The molecule has 1 amide bonds. The van der Waals surface area contributed by atoms with Crippen LogP contribution < -0.4 is 11.1 Å². The van der Waals surface area contributed by atoms with Crippen molar-refractivity contribution in [1.82, 2.24) is 20.4 Å². The molecule has 0 aliphatic carbocycles. The Bertz CT molecular complexity index is 542. The number of nitrogens with one attached hydrogen (secondary N) is 1. The third-order valence-electron chi connectivity index (χ3n) is 3.80. The molecule has 3 N–H and O–H groups in total. The summed E-state index contributed by atoms with van der Waals surface area (Å²) in [5, 5.41) is 7.08. The molecule has 0 bridgehead atoms. The van der Waals surface area contributed by atoms with Crippen LogP contribution in [0.15, 0.2) is 9.52 Å². The Labute approximate surface area is 136 Å². The summed E-state index contributed by atoms with van der Waals surface area (Å²) in [6.07, 6.45) is 3.15. The first kappa shape index (κ1) is 17.2. The van der Waals surface area contributed by atoms with Gasteiger partial charge in [0.15, 0.2) is 11.8 Å². The van der Waals surface area contributed by atoms with Gasteiger partial charge in [0.2, 0.25) is 11.8 Å². The maximum absolute atomic E-state index is 11.1. The fourth-order valence-electron chi connectivity index (χ4n) is 2.83. The van der Waals surface area contributed by atoms with Crippen LogP contribution in [0.4, 0.5) is 0 Å². The smallest absolute Gasteiger partial charge is 0.228 e. The zero-order valence-corrected chi connectivity index (χ0v) is 13.9. The summed E-state index contributed by atoms with van der Waals surface area (Å²) < 4.78 is 5.10. The van der Waals surface area contributed by atoms with Gasteiger partial charge >= 0.3 is 0 Å². The molecule has 23 heavy (non-hydrogen) atoms. The summed E-state index contributed by atoms with van der Waals surface area (Å²) in [6, 6.07) is 0. The van der Waals surface area contributed by atoms with Crippen LogP contribution in [0.25, 0.3) is 0 Å². The lowest BCUT2D eigenvalue weighted by molar-refractivity contribution is -0.119. The maximum atomic E-state index is 11.1. The molecule has 0 aromatic carbocycles. The first-order valence-electron chi connectivity index (χ1n) is 8.19. The number of primary amides is 1. The molecule has 1 aromatic rings. The number of nitrogens with two attached hydrogens (primary N) is 1. The molecule has 128 valence electrons. The van der Waals surface area contributed by atoms with Crippen LogP contribution in [0, 0.1) is 12.8 Å². The highest BCUT2D eigenvalue weighted by atomic mass is 16.5. The van der Waals surface area contributed by atoms with Crippen molar-refractivity contribution in [2.24, 2.45) is 16.6 Å². The minimum absolute atomic E-state index is 0.231. The van der Waals surface area contributed by atoms with Gasteiger partial charge in [-0.3, -0.25) is 9.79 Å². The fourth-order valence-corrected chi connectivity index (χ4v) is 2.83. The number of likely N-dealkylation sites (tertiary alicyclic amines) is 1. The Morgan fingerprint density at radius 3 is 3.04 bits per heavy atom. The fraction of sp³-hybridized carbons (Fsp3) is 0.733. The Kier molecular flexibility index (Phi) is 6.37. The van der Waals surface area contributed by atoms with Gasteiger partial charge in [-0.25, -0.2) is 0 Å². The molecule has 0 radical (unpaired) electrons. The Morgan fingerprint density at radius 1 is 1.57 bits per heavy atom. The summed E-state index contributed by atoms with van der Waals surface area (Å²) in [5.74, 6) is 2.20. The summed E-state index contributed by atoms with van der Waals surface area (Å²) in [6.45, 7) is 6.99. The van der Waals surface area contributed by atoms with Gasteiger partial charge in [-0.2, -0.15) is 4.98 Å². The van der Waals surface area contributed by atoms with Gasteiger partial charge in [-0.05, 0) is 32.6 Å². The standard InChI is InChI=1S/C15H26N6O2/c1-3-17-15(18-7-6-14-19-11(2)20-23-14)21-8-4-5-12(10-21)9-13(16)22/h12H,3-10H2,1-2H3,(H2,16,22)(H,17,18). The number of aliphatic imine (C=N–C) groups is 1. The average Bonchev–Trinajstić information content (AvgIpc) is 2.91. The highest BCUT2D eigenvalue weighted by Crippen LogP contribution is 2.19. The minimum Gasteiger partial charge on any atom is -0.370 e. The van der Waals surface area contributed by atoms with Crippen molar-refractivity contribution < 1.29 is 9.32 Å². The number of aromatic nitrogens is 2. The number of hydrogen-bond donors (Lipinski definition) is 2. The molecule has 1 aliphatic heterocycles. The molecule has 2 rings (SSSR count). The normalized spacial score (nSPS) is 19.0. The second-order valence-corrected chi connectivity index (χ2v) is 5.85. The van der Waals surface area contributed by atoms with Crippen molar-refractivity contribution in [3.63, 3.8) is 0 Å². The van der Waals surface area contributed by atoms with E-state index in [-0.39, 0.29) is 5.91 Å². The van der Waals surface area contributed by atoms with E-state index in [1.165, 1.54) is 0 Å². The third-order valence-corrected chi connectivity index (χ3v) is 3.80. The van der Waals surface area contributed by atoms with E-state index in [2.05, 4.69) is 25.3 Å². The minimum atomic E-state index is -0.231. The zero-order valence-electron chi connectivity index (χ0n) is 13.9. The topological polar surface area (TPSA) is 110 Å². The number of amides is 1. The van der Waals surface area contributed by atoms with E-state index in [0.717, 1.165) is 38.4 Å². The number of aryl methyl sites for hydroxylation is 1. The van der Waals surface area contributed by atoms with Crippen LogP contribution in [0.3, 0.4) is 0 Å². The molecule has 8 heteroatoms. The van der Waals surface area contributed by atoms with Crippen LogP contribution in [0.1, 0.15) is 37.9 Å². The van der Waals surface area contributed by atoms with E-state index in [1.807, 2.05) is 6.92 Å². The molecule has 1 atom stereocenters. The van der Waals surface area contributed by atoms with Crippen molar-refractivity contribution in [3.8, 4) is 0 Å². The first-order valence-corrected chi connectivity index (χ1v) is 8.19. The van der Waals surface area contributed by atoms with Crippen molar-refractivity contribution in [3.05, 3.63) is 11.7 Å². The monoisotopic (exact) mass is 322 g/mol. The van der Waals surface area contributed by atoms with Crippen LogP contribution in [-0.4, -0.2) is 53.1 Å². The summed E-state index contributed by atoms with van der Waals surface area (Å²) >= 11 is 0. The molecule has 1 saturated heterocycles. The summed E-state index contributed by atoms with van der Waals surface area (Å²) in [4.78, 5) is 22.2. The lowest BCUT2D eigenvalue weighted by Crippen LogP contribution is -2.47. The van der Waals surface area contributed by atoms with Gasteiger partial charge in [-0.1, -0.05) is 5.16 Å². The van der Waals surface area contributed by atoms with Crippen molar-refractivity contribution in [2.75, 3.05) is 26.2 Å². The van der Waals surface area contributed by atoms with Gasteiger partial charge in [0.05, 0.1) is 6.54 Å². The largest absolute Gasteiger partial charge is 0.370 e. The quantitative estimate of drug-likeness (QED) is 0.582. The number of guanidine groups is 1. The van der Waals surface area contributed by atoms with E-state index >= 15 is 0 Å². The Morgan fingerprint density at radius 2 is 2.39 bits per heavy atom. The second kappa shape index (κ2) is 8.50. The zero-order chi connectivity index (χ0) is 16.7. The maximum Gasteiger partial charge on any atom is 0.228 e. The van der Waals surface area contributed by atoms with Gasteiger partial charge in [0, 0.05) is 32.5 Å². The van der Waals surface area contributed by atoms with Crippen molar-refractivity contribution in [1.29, 1.82) is 0 Å². The lowest BCUT2D eigenvalue weighted by atomic mass is 9.95. The van der Waals surface area contributed by atoms with Crippen molar-refractivity contribution >= 4 is 11.9 Å². The highest BCUT2D eigenvalue weighted by molar-refractivity contribution is 5.80. The van der Waals surface area contributed by atoms with Gasteiger partial charge in [0.25, 0.3) is 0 Å². The molecule has 1 aromatic heterocycles. The molecule has 2 heterocycles. The number of carbonyl (C=O) groups excluding carboxylic acids is 1. The van der Waals surface area contributed by atoms with Crippen LogP contribution in [-0.2, 0) is 11.2 Å². The van der Waals surface area contributed by atoms with Crippen LogP contribution in [0.2, 0.25) is 0 Å². The first-order chi connectivity index (χ1) is 11.1. The van der Waals surface area contributed by atoms with Gasteiger partial charge in [-0.15, -0.1) is 0 Å². The number of rotatable bonds is 6. The van der Waals surface area contributed by atoms with E-state index in [9.17, 15) is 4.79 Å². The van der Waals surface area contributed by atoms with E-state index < -0.39 is 0 Å². The highest BCUT2D eigenvalue weighted by Gasteiger charge is 2.23. The molecule has 1 unspecified atom stereocenters. The molecule has 1 aliphatic rings. The van der Waals surface area contributed by atoms with E-state index in [4.69, 9.17) is 10.3 Å². The number of hydrogen-bond acceptors (Lipinski definition) is 5. The van der Waals surface area contributed by atoms with Crippen LogP contribution in [0.5, 0.6) is 0 Å². The number of piperidine rings is 1. The van der Waals surface area contributed by atoms with E-state index in [0.29, 0.717) is 37.0 Å². The molecule has 0 spiro atoms. The predicted molar refractivity (Wildman–Crippen MR) is 86.8 cm³/mol. The number of carbonyl (C=O) groups is 1. The van der Waals surface area contributed by atoms with Crippen molar-refractivity contribution in [2.45, 2.75) is 39.5 Å². The SMILES string of the molecule is CCNC(=NCCc1nc(C)no1)N1CCCC(CC(N)=O)C1.